The predicted molar refractivity (Wildman–Crippen MR) is 121 cm³/mol. The molecule has 0 saturated heterocycles. The van der Waals surface area contributed by atoms with Gasteiger partial charge in [-0.05, 0) is 73.7 Å². The van der Waals surface area contributed by atoms with Crippen molar-refractivity contribution in [3.63, 3.8) is 0 Å². The highest BCUT2D eigenvalue weighted by atomic mass is 19.2. The van der Waals surface area contributed by atoms with Crippen LogP contribution in [0, 0.1) is 39.3 Å². The van der Waals surface area contributed by atoms with Crippen molar-refractivity contribution in [2.24, 2.45) is 0 Å². The van der Waals surface area contributed by atoms with E-state index in [0.29, 0.717) is 11.3 Å². The van der Waals surface area contributed by atoms with E-state index in [2.05, 4.69) is 5.32 Å². The molecular formula is C26H22F2N2O2. The molecule has 32 heavy (non-hydrogen) atoms. The third kappa shape index (κ3) is 3.68. The Kier molecular flexibility index (Phi) is 5.38. The summed E-state index contributed by atoms with van der Waals surface area (Å²) in [4.78, 5) is 27.7. The fourth-order valence-electron chi connectivity index (χ4n) is 3.67. The zero-order valence-corrected chi connectivity index (χ0v) is 18.2. The molecular weight excluding hydrogens is 410 g/mol. The van der Waals surface area contributed by atoms with Crippen molar-refractivity contribution in [3.05, 3.63) is 99.7 Å². The number of hydrogen-bond acceptors (Lipinski definition) is 3. The van der Waals surface area contributed by atoms with Gasteiger partial charge in [0.05, 0.1) is 11.3 Å². The topological polar surface area (TPSA) is 49.4 Å². The average molecular weight is 432 g/mol. The van der Waals surface area contributed by atoms with E-state index in [1.165, 1.54) is 6.07 Å². The molecule has 0 saturated carbocycles. The standard InChI is InChI=1S/C26H22F2N2O2/c1-14-5-6-16(3)22(11-14)29-24-23(18-8-7-15(2)17(4)12-18)25(31)30(26(24)32)19-9-10-20(27)21(28)13-19/h5-13,29H,1-4H3. The van der Waals surface area contributed by atoms with Crippen molar-refractivity contribution in [3.8, 4) is 0 Å². The number of carbonyl (C=O) groups excluding carboxylic acids is 2. The largest absolute Gasteiger partial charge is 0.350 e. The average Bonchev–Trinajstić information content (AvgIpc) is 2.99. The van der Waals surface area contributed by atoms with Gasteiger partial charge in [0.15, 0.2) is 11.6 Å². The quantitative estimate of drug-likeness (QED) is 0.547. The molecule has 0 fully saturated rings. The minimum Gasteiger partial charge on any atom is -0.350 e. The first-order chi connectivity index (χ1) is 15.2. The molecule has 4 rings (SSSR count). The van der Waals surface area contributed by atoms with Crippen molar-refractivity contribution in [2.75, 3.05) is 10.2 Å². The van der Waals surface area contributed by atoms with E-state index in [9.17, 15) is 18.4 Å². The number of hydrogen-bond donors (Lipinski definition) is 1. The molecule has 0 spiro atoms. The number of nitrogens with zero attached hydrogens (tertiary/aromatic N) is 1. The summed E-state index contributed by atoms with van der Waals surface area (Å²) in [6.07, 6.45) is 0. The van der Waals surface area contributed by atoms with Gasteiger partial charge in [-0.1, -0.05) is 30.3 Å². The number of amides is 2. The third-order valence-corrected chi connectivity index (χ3v) is 5.69. The highest BCUT2D eigenvalue weighted by molar-refractivity contribution is 6.46. The first-order valence-electron chi connectivity index (χ1n) is 10.2. The summed E-state index contributed by atoms with van der Waals surface area (Å²) in [6.45, 7) is 7.70. The maximum atomic E-state index is 13.9. The van der Waals surface area contributed by atoms with Crippen LogP contribution in [-0.2, 0) is 9.59 Å². The second kappa shape index (κ2) is 8.04. The first-order valence-corrected chi connectivity index (χ1v) is 10.2. The SMILES string of the molecule is Cc1ccc(C)c(NC2=C(c3ccc(C)c(C)c3)C(=O)N(c3ccc(F)c(F)c3)C2=O)c1. The summed E-state index contributed by atoms with van der Waals surface area (Å²) in [7, 11) is 0. The Labute approximate surface area is 185 Å². The summed E-state index contributed by atoms with van der Waals surface area (Å²) in [5.74, 6) is -3.41. The summed E-state index contributed by atoms with van der Waals surface area (Å²) in [6, 6.07) is 14.2. The van der Waals surface area contributed by atoms with Gasteiger partial charge >= 0.3 is 0 Å². The van der Waals surface area contributed by atoms with Crippen LogP contribution < -0.4 is 10.2 Å². The first kappa shape index (κ1) is 21.4. The number of aryl methyl sites for hydroxylation is 4. The number of imide groups is 1. The van der Waals surface area contributed by atoms with Gasteiger partial charge in [-0.2, -0.15) is 0 Å². The van der Waals surface area contributed by atoms with Gasteiger partial charge in [-0.25, -0.2) is 13.7 Å². The normalized spacial score (nSPS) is 13.9. The third-order valence-electron chi connectivity index (χ3n) is 5.69. The summed E-state index contributed by atoms with van der Waals surface area (Å²) < 4.78 is 27.4. The Morgan fingerprint density at radius 3 is 2.12 bits per heavy atom. The molecule has 1 aliphatic heterocycles. The Morgan fingerprint density at radius 2 is 1.44 bits per heavy atom. The van der Waals surface area contributed by atoms with E-state index in [-0.39, 0.29) is 17.0 Å². The van der Waals surface area contributed by atoms with Gasteiger partial charge in [-0.15, -0.1) is 0 Å². The molecule has 3 aromatic carbocycles. The van der Waals surface area contributed by atoms with Crippen LogP contribution >= 0.6 is 0 Å². The molecule has 0 bridgehead atoms. The molecule has 162 valence electrons. The molecule has 1 heterocycles. The lowest BCUT2D eigenvalue weighted by Gasteiger charge is -2.16. The molecule has 1 N–H and O–H groups in total. The van der Waals surface area contributed by atoms with Crippen molar-refractivity contribution in [2.45, 2.75) is 27.7 Å². The molecule has 0 radical (unpaired) electrons. The maximum absolute atomic E-state index is 13.9. The van der Waals surface area contributed by atoms with Crippen LogP contribution in [0.4, 0.5) is 20.2 Å². The van der Waals surface area contributed by atoms with Crippen LogP contribution in [0.5, 0.6) is 0 Å². The van der Waals surface area contributed by atoms with Crippen molar-refractivity contribution in [1.82, 2.24) is 0 Å². The Hall–Kier alpha value is -3.80. The Balaban J connectivity index is 1.88. The second-order valence-electron chi connectivity index (χ2n) is 8.04. The van der Waals surface area contributed by atoms with Crippen LogP contribution in [0.2, 0.25) is 0 Å². The van der Waals surface area contributed by atoms with E-state index in [1.54, 1.807) is 6.07 Å². The summed E-state index contributed by atoms with van der Waals surface area (Å²) >= 11 is 0. The molecule has 0 atom stereocenters. The molecule has 3 aromatic rings. The van der Waals surface area contributed by atoms with E-state index < -0.39 is 23.4 Å². The number of rotatable bonds is 4. The highest BCUT2D eigenvalue weighted by Crippen LogP contribution is 2.35. The van der Waals surface area contributed by atoms with Crippen LogP contribution in [0.15, 0.2) is 60.3 Å². The fourth-order valence-corrected chi connectivity index (χ4v) is 3.67. The lowest BCUT2D eigenvalue weighted by atomic mass is 9.99. The van der Waals surface area contributed by atoms with E-state index in [0.717, 1.165) is 39.3 Å². The lowest BCUT2D eigenvalue weighted by molar-refractivity contribution is -0.120. The zero-order valence-electron chi connectivity index (χ0n) is 18.2. The zero-order chi connectivity index (χ0) is 23.2. The van der Waals surface area contributed by atoms with Crippen molar-refractivity contribution in [1.29, 1.82) is 0 Å². The Bertz CT molecular complexity index is 1310. The van der Waals surface area contributed by atoms with Crippen LogP contribution in [0.3, 0.4) is 0 Å². The fraction of sp³-hybridized carbons (Fsp3) is 0.154. The number of halogens is 2. The molecule has 4 nitrogen and oxygen atoms in total. The monoisotopic (exact) mass is 432 g/mol. The second-order valence-corrected chi connectivity index (χ2v) is 8.04. The minimum absolute atomic E-state index is 0.0296. The van der Waals surface area contributed by atoms with Gasteiger partial charge in [-0.3, -0.25) is 9.59 Å². The molecule has 0 unspecified atom stereocenters. The highest BCUT2D eigenvalue weighted by Gasteiger charge is 2.40. The molecule has 1 aliphatic rings. The summed E-state index contributed by atoms with van der Waals surface area (Å²) in [5, 5.41) is 3.14. The van der Waals surface area contributed by atoms with Gasteiger partial charge in [0, 0.05) is 11.8 Å². The van der Waals surface area contributed by atoms with E-state index in [4.69, 9.17) is 0 Å². The number of benzene rings is 3. The molecule has 0 aliphatic carbocycles. The molecule has 6 heteroatoms. The summed E-state index contributed by atoms with van der Waals surface area (Å²) in [5.41, 5.74) is 5.41. The molecule has 2 amide bonds. The van der Waals surface area contributed by atoms with E-state index in [1.807, 2.05) is 58.0 Å². The number of nitrogens with one attached hydrogen (secondary N) is 1. The van der Waals surface area contributed by atoms with Crippen molar-refractivity contribution < 1.29 is 18.4 Å². The van der Waals surface area contributed by atoms with Gasteiger partial charge in [0.1, 0.15) is 5.70 Å². The predicted octanol–water partition coefficient (Wildman–Crippen LogP) is 5.60. The van der Waals surface area contributed by atoms with Gasteiger partial charge in [0.25, 0.3) is 11.8 Å². The van der Waals surface area contributed by atoms with Crippen molar-refractivity contribution >= 4 is 28.8 Å². The van der Waals surface area contributed by atoms with Crippen LogP contribution in [-0.4, -0.2) is 11.8 Å². The smallest absolute Gasteiger partial charge is 0.282 e. The molecule has 0 aromatic heterocycles. The van der Waals surface area contributed by atoms with Crippen LogP contribution in [0.25, 0.3) is 5.57 Å². The van der Waals surface area contributed by atoms with E-state index >= 15 is 0 Å². The van der Waals surface area contributed by atoms with Crippen LogP contribution in [0.1, 0.15) is 27.8 Å². The Morgan fingerprint density at radius 1 is 0.719 bits per heavy atom. The van der Waals surface area contributed by atoms with Gasteiger partial charge in [0.2, 0.25) is 0 Å². The number of anilines is 2. The minimum atomic E-state index is -1.13. The maximum Gasteiger partial charge on any atom is 0.282 e. The van der Waals surface area contributed by atoms with Gasteiger partial charge < -0.3 is 5.32 Å². The lowest BCUT2D eigenvalue weighted by Crippen LogP contribution is -2.32. The number of carbonyl (C=O) groups is 2.